The van der Waals surface area contributed by atoms with Gasteiger partial charge < -0.3 is 0 Å². The standard InChI is InChI=1S/C25H23BrN2O/c1-17-7-5-10-20(13-17)25(21-11-6-8-18(2)14-21)15-22(25)24(29)28-27-16-19-9-3-4-12-23(19)26/h3-14,16,22H,15H2,1-2H3,(H,28,29). The highest BCUT2D eigenvalue weighted by Gasteiger charge is 2.60. The van der Waals surface area contributed by atoms with Gasteiger partial charge in [0.25, 0.3) is 0 Å². The fourth-order valence-electron chi connectivity index (χ4n) is 4.05. The Kier molecular flexibility index (Phi) is 5.37. The van der Waals surface area contributed by atoms with Crippen molar-refractivity contribution in [3.63, 3.8) is 0 Å². The molecule has 29 heavy (non-hydrogen) atoms. The van der Waals surface area contributed by atoms with E-state index >= 15 is 0 Å². The summed E-state index contributed by atoms with van der Waals surface area (Å²) in [4.78, 5) is 13.0. The minimum atomic E-state index is -0.287. The number of amides is 1. The van der Waals surface area contributed by atoms with Crippen LogP contribution in [0, 0.1) is 19.8 Å². The highest BCUT2D eigenvalue weighted by Crippen LogP contribution is 2.59. The second-order valence-electron chi connectivity index (χ2n) is 7.72. The molecule has 3 nitrogen and oxygen atoms in total. The van der Waals surface area contributed by atoms with E-state index in [0.717, 1.165) is 16.5 Å². The molecule has 1 fully saturated rings. The van der Waals surface area contributed by atoms with E-state index in [-0.39, 0.29) is 17.2 Å². The third-order valence-corrected chi connectivity index (χ3v) is 6.35. The topological polar surface area (TPSA) is 41.5 Å². The second-order valence-corrected chi connectivity index (χ2v) is 8.58. The molecule has 4 heteroatoms. The van der Waals surface area contributed by atoms with E-state index in [0.29, 0.717) is 0 Å². The lowest BCUT2D eigenvalue weighted by Crippen LogP contribution is -2.25. The van der Waals surface area contributed by atoms with E-state index in [4.69, 9.17) is 0 Å². The Bertz CT molecular complexity index is 1040. The van der Waals surface area contributed by atoms with Crippen LogP contribution in [0.15, 0.2) is 82.4 Å². The molecule has 1 unspecified atom stereocenters. The largest absolute Gasteiger partial charge is 0.273 e. The predicted molar refractivity (Wildman–Crippen MR) is 121 cm³/mol. The zero-order valence-electron chi connectivity index (χ0n) is 16.5. The van der Waals surface area contributed by atoms with Gasteiger partial charge in [-0.1, -0.05) is 93.8 Å². The molecule has 0 bridgehead atoms. The zero-order valence-corrected chi connectivity index (χ0v) is 18.1. The number of aryl methyl sites for hydroxylation is 2. The minimum absolute atomic E-state index is 0.0451. The number of benzene rings is 3. The molecule has 1 N–H and O–H groups in total. The first kappa shape index (κ1) is 19.6. The maximum Gasteiger partial charge on any atom is 0.244 e. The normalized spacial score (nSPS) is 17.3. The van der Waals surface area contributed by atoms with Gasteiger partial charge >= 0.3 is 0 Å². The summed E-state index contributed by atoms with van der Waals surface area (Å²) in [7, 11) is 0. The Labute approximate surface area is 180 Å². The number of rotatable bonds is 5. The number of hydrogen-bond donors (Lipinski definition) is 1. The minimum Gasteiger partial charge on any atom is -0.273 e. The van der Waals surface area contributed by atoms with Gasteiger partial charge in [-0.15, -0.1) is 0 Å². The monoisotopic (exact) mass is 446 g/mol. The van der Waals surface area contributed by atoms with Crippen molar-refractivity contribution < 1.29 is 4.79 Å². The van der Waals surface area contributed by atoms with E-state index in [9.17, 15) is 4.79 Å². The number of nitrogens with one attached hydrogen (secondary N) is 1. The molecule has 1 aliphatic rings. The lowest BCUT2D eigenvalue weighted by atomic mass is 9.84. The smallest absolute Gasteiger partial charge is 0.244 e. The van der Waals surface area contributed by atoms with Crippen molar-refractivity contribution in [2.24, 2.45) is 11.0 Å². The van der Waals surface area contributed by atoms with Crippen LogP contribution < -0.4 is 5.43 Å². The van der Waals surface area contributed by atoms with E-state index in [1.807, 2.05) is 24.3 Å². The maximum atomic E-state index is 13.0. The Morgan fingerprint density at radius 1 is 1.00 bits per heavy atom. The summed E-state index contributed by atoms with van der Waals surface area (Å²) in [6.45, 7) is 4.18. The molecule has 0 saturated heterocycles. The van der Waals surface area contributed by atoms with Crippen molar-refractivity contribution in [1.82, 2.24) is 5.43 Å². The van der Waals surface area contributed by atoms with Crippen LogP contribution >= 0.6 is 15.9 Å². The lowest BCUT2D eigenvalue weighted by molar-refractivity contribution is -0.122. The number of nitrogens with zero attached hydrogens (tertiary/aromatic N) is 1. The molecule has 1 saturated carbocycles. The fourth-order valence-corrected chi connectivity index (χ4v) is 4.44. The van der Waals surface area contributed by atoms with Crippen molar-refractivity contribution in [3.05, 3.63) is 105 Å². The molecule has 4 rings (SSSR count). The molecule has 0 aliphatic heterocycles. The predicted octanol–water partition coefficient (Wildman–Crippen LogP) is 5.52. The van der Waals surface area contributed by atoms with Gasteiger partial charge in [-0.2, -0.15) is 5.10 Å². The van der Waals surface area contributed by atoms with Crippen LogP contribution in [0.3, 0.4) is 0 Å². The third kappa shape index (κ3) is 3.90. The molecule has 0 heterocycles. The van der Waals surface area contributed by atoms with Crippen molar-refractivity contribution in [3.8, 4) is 0 Å². The van der Waals surface area contributed by atoms with Crippen LogP contribution in [0.4, 0.5) is 0 Å². The lowest BCUT2D eigenvalue weighted by Gasteiger charge is -2.19. The number of hydrazone groups is 1. The quantitative estimate of drug-likeness (QED) is 0.406. The number of carbonyl (C=O) groups excluding carboxylic acids is 1. The average molecular weight is 447 g/mol. The summed E-state index contributed by atoms with van der Waals surface area (Å²) in [6.07, 6.45) is 2.46. The van der Waals surface area contributed by atoms with E-state index in [2.05, 4.69) is 88.8 Å². The van der Waals surface area contributed by atoms with Gasteiger partial charge in [0.2, 0.25) is 5.91 Å². The molecule has 1 aliphatic carbocycles. The van der Waals surface area contributed by atoms with Crippen molar-refractivity contribution in [2.45, 2.75) is 25.7 Å². The first-order chi connectivity index (χ1) is 14.0. The van der Waals surface area contributed by atoms with Crippen molar-refractivity contribution in [2.75, 3.05) is 0 Å². The molecule has 3 aromatic rings. The van der Waals surface area contributed by atoms with Gasteiger partial charge in [-0.3, -0.25) is 4.79 Å². The highest BCUT2D eigenvalue weighted by atomic mass is 79.9. The number of carbonyl (C=O) groups is 1. The van der Waals surface area contributed by atoms with Gasteiger partial charge in [0, 0.05) is 15.5 Å². The van der Waals surface area contributed by atoms with Crippen LogP contribution in [0.2, 0.25) is 0 Å². The van der Waals surface area contributed by atoms with Crippen LogP contribution in [-0.2, 0) is 10.2 Å². The van der Waals surface area contributed by atoms with Crippen LogP contribution in [-0.4, -0.2) is 12.1 Å². The Hall–Kier alpha value is -2.72. The molecular weight excluding hydrogens is 424 g/mol. The Morgan fingerprint density at radius 3 is 2.21 bits per heavy atom. The molecule has 0 radical (unpaired) electrons. The van der Waals surface area contributed by atoms with Gasteiger partial charge in [0.05, 0.1) is 12.1 Å². The molecule has 1 atom stereocenters. The molecule has 0 spiro atoms. The number of halogens is 1. The van der Waals surface area contributed by atoms with Gasteiger partial charge in [-0.25, -0.2) is 5.43 Å². The highest BCUT2D eigenvalue weighted by molar-refractivity contribution is 9.10. The third-order valence-electron chi connectivity index (χ3n) is 5.63. The van der Waals surface area contributed by atoms with Crippen LogP contribution in [0.5, 0.6) is 0 Å². The molecular formula is C25H23BrN2O. The van der Waals surface area contributed by atoms with Gasteiger partial charge in [0.15, 0.2) is 0 Å². The molecule has 1 amide bonds. The summed E-state index contributed by atoms with van der Waals surface area (Å²) >= 11 is 3.49. The first-order valence-electron chi connectivity index (χ1n) is 9.72. The number of hydrogen-bond acceptors (Lipinski definition) is 2. The second kappa shape index (κ2) is 7.96. The molecule has 3 aromatic carbocycles. The summed E-state index contributed by atoms with van der Waals surface area (Å²) < 4.78 is 0.943. The van der Waals surface area contributed by atoms with Crippen LogP contribution in [0.1, 0.15) is 34.2 Å². The van der Waals surface area contributed by atoms with E-state index in [1.165, 1.54) is 22.3 Å². The zero-order chi connectivity index (χ0) is 20.4. The van der Waals surface area contributed by atoms with Crippen molar-refractivity contribution >= 4 is 28.1 Å². The van der Waals surface area contributed by atoms with Crippen molar-refractivity contribution in [1.29, 1.82) is 0 Å². The summed E-state index contributed by atoms with van der Waals surface area (Å²) in [5.74, 6) is -0.182. The van der Waals surface area contributed by atoms with Crippen LogP contribution in [0.25, 0.3) is 0 Å². The summed E-state index contributed by atoms with van der Waals surface area (Å²) in [5.41, 5.74) is 8.18. The SMILES string of the molecule is Cc1cccc(C2(c3cccc(C)c3)CC2C(=O)NN=Cc2ccccc2Br)c1. The van der Waals surface area contributed by atoms with E-state index < -0.39 is 0 Å². The van der Waals surface area contributed by atoms with E-state index in [1.54, 1.807) is 6.21 Å². The van der Waals surface area contributed by atoms with Gasteiger partial charge in [-0.05, 0) is 37.5 Å². The average Bonchev–Trinajstić information content (AvgIpc) is 3.47. The molecule has 0 aromatic heterocycles. The maximum absolute atomic E-state index is 13.0. The first-order valence-corrected chi connectivity index (χ1v) is 10.5. The molecule has 146 valence electrons. The van der Waals surface area contributed by atoms with Gasteiger partial charge in [0.1, 0.15) is 0 Å². The fraction of sp³-hybridized carbons (Fsp3) is 0.200. The Morgan fingerprint density at radius 2 is 1.62 bits per heavy atom. The Balaban J connectivity index is 1.60. The summed E-state index contributed by atoms with van der Waals surface area (Å²) in [6, 6.07) is 24.8. The summed E-state index contributed by atoms with van der Waals surface area (Å²) in [5, 5.41) is 4.20.